The molecule has 21 heavy (non-hydrogen) atoms. The molecule has 1 saturated heterocycles. The Bertz CT molecular complexity index is 729. The van der Waals surface area contributed by atoms with Crippen LogP contribution in [-0.2, 0) is 11.3 Å². The highest BCUT2D eigenvalue weighted by atomic mass is 16.5. The first-order valence-corrected chi connectivity index (χ1v) is 7.14. The Morgan fingerprint density at radius 2 is 2.14 bits per heavy atom. The maximum absolute atomic E-state index is 12.2. The maximum Gasteiger partial charge on any atom is 0.341 e. The molecule has 1 N–H and O–H groups in total. The number of carbonyl (C=O) groups is 1. The third kappa shape index (κ3) is 2.69. The Balaban J connectivity index is 2.09. The zero-order chi connectivity index (χ0) is 14.8. The van der Waals surface area contributed by atoms with Gasteiger partial charge in [-0.25, -0.2) is 4.79 Å². The average molecular weight is 287 g/mol. The van der Waals surface area contributed by atoms with E-state index in [9.17, 15) is 14.7 Å². The lowest BCUT2D eigenvalue weighted by Gasteiger charge is -2.24. The Morgan fingerprint density at radius 3 is 2.86 bits per heavy atom. The molecule has 0 saturated carbocycles. The van der Waals surface area contributed by atoms with Crippen molar-refractivity contribution in [3.8, 4) is 0 Å². The highest BCUT2D eigenvalue weighted by molar-refractivity contribution is 5.92. The topological polar surface area (TPSA) is 68.5 Å². The summed E-state index contributed by atoms with van der Waals surface area (Å²) >= 11 is 0. The number of carboxylic acids is 1. The minimum absolute atomic E-state index is 0.0753. The molecule has 1 fully saturated rings. The Labute approximate surface area is 121 Å². The number of rotatable bonds is 3. The fourth-order valence-corrected chi connectivity index (χ4v) is 2.82. The summed E-state index contributed by atoms with van der Waals surface area (Å²) in [6, 6.07) is 7.10. The zero-order valence-electron chi connectivity index (χ0n) is 11.6. The average Bonchev–Trinajstić information content (AvgIpc) is 2.51. The first-order valence-electron chi connectivity index (χ1n) is 7.14. The van der Waals surface area contributed by atoms with Gasteiger partial charge in [-0.05, 0) is 31.4 Å². The summed E-state index contributed by atoms with van der Waals surface area (Å²) < 4.78 is 7.54. The van der Waals surface area contributed by atoms with Crippen molar-refractivity contribution in [2.24, 2.45) is 0 Å². The molecule has 110 valence electrons. The number of fused-ring (bicyclic) bond motifs is 1. The maximum atomic E-state index is 12.2. The molecule has 1 aromatic heterocycles. The number of ether oxygens (including phenoxy) is 1. The van der Waals surface area contributed by atoms with Crippen LogP contribution in [0.25, 0.3) is 10.9 Å². The van der Waals surface area contributed by atoms with Crippen LogP contribution >= 0.6 is 0 Å². The van der Waals surface area contributed by atoms with Crippen LogP contribution in [0.2, 0.25) is 0 Å². The second-order valence-corrected chi connectivity index (χ2v) is 5.34. The van der Waals surface area contributed by atoms with Crippen LogP contribution in [0.15, 0.2) is 35.3 Å². The number of hydrogen-bond donors (Lipinski definition) is 1. The summed E-state index contributed by atoms with van der Waals surface area (Å²) in [6.45, 7) is 1.32. The number of aromatic nitrogens is 1. The monoisotopic (exact) mass is 287 g/mol. The van der Waals surface area contributed by atoms with Gasteiger partial charge in [-0.3, -0.25) is 4.79 Å². The van der Waals surface area contributed by atoms with Gasteiger partial charge in [-0.2, -0.15) is 0 Å². The van der Waals surface area contributed by atoms with Crippen LogP contribution in [0.1, 0.15) is 29.6 Å². The highest BCUT2D eigenvalue weighted by Gasteiger charge is 2.18. The molecule has 0 bridgehead atoms. The molecule has 2 aromatic rings. The van der Waals surface area contributed by atoms with E-state index in [-0.39, 0.29) is 11.7 Å². The van der Waals surface area contributed by atoms with E-state index >= 15 is 0 Å². The summed E-state index contributed by atoms with van der Waals surface area (Å²) in [4.78, 5) is 23.5. The number of pyridine rings is 1. The van der Waals surface area contributed by atoms with Gasteiger partial charge in [0.25, 0.3) is 0 Å². The summed E-state index contributed by atoms with van der Waals surface area (Å²) in [5.41, 5.74) is 0.130. The summed E-state index contributed by atoms with van der Waals surface area (Å²) in [5.74, 6) is -1.19. The largest absolute Gasteiger partial charge is 0.477 e. The van der Waals surface area contributed by atoms with Gasteiger partial charge in [0.2, 0.25) is 5.43 Å². The molecule has 3 rings (SSSR count). The van der Waals surface area contributed by atoms with Gasteiger partial charge >= 0.3 is 5.97 Å². The Hall–Kier alpha value is -2.14. The van der Waals surface area contributed by atoms with Gasteiger partial charge in [0.15, 0.2) is 0 Å². The van der Waals surface area contributed by atoms with Crippen LogP contribution in [0, 0.1) is 0 Å². The van der Waals surface area contributed by atoms with Crippen LogP contribution < -0.4 is 5.43 Å². The number of para-hydroxylation sites is 1. The van der Waals surface area contributed by atoms with E-state index in [0.29, 0.717) is 11.9 Å². The molecular formula is C16H17NO4. The number of benzene rings is 1. The number of aromatic carboxylic acids is 1. The molecule has 1 aliphatic rings. The summed E-state index contributed by atoms with van der Waals surface area (Å²) in [7, 11) is 0. The molecule has 5 heteroatoms. The molecule has 0 amide bonds. The van der Waals surface area contributed by atoms with Crippen molar-refractivity contribution in [3.05, 3.63) is 46.2 Å². The second kappa shape index (κ2) is 5.69. The van der Waals surface area contributed by atoms with Gasteiger partial charge in [0.05, 0.1) is 11.6 Å². The third-order valence-electron chi connectivity index (χ3n) is 3.89. The first kappa shape index (κ1) is 13.8. The zero-order valence-corrected chi connectivity index (χ0v) is 11.6. The smallest absolute Gasteiger partial charge is 0.341 e. The Kier molecular flexibility index (Phi) is 3.75. The lowest BCUT2D eigenvalue weighted by Crippen LogP contribution is -2.27. The molecular weight excluding hydrogens is 270 g/mol. The van der Waals surface area contributed by atoms with Crippen LogP contribution in [0.5, 0.6) is 0 Å². The van der Waals surface area contributed by atoms with E-state index < -0.39 is 11.4 Å². The van der Waals surface area contributed by atoms with Gasteiger partial charge in [0.1, 0.15) is 5.56 Å². The number of carboxylic acid groups (broad SMARTS) is 1. The van der Waals surface area contributed by atoms with E-state index in [0.717, 1.165) is 31.4 Å². The van der Waals surface area contributed by atoms with Crippen molar-refractivity contribution in [1.29, 1.82) is 0 Å². The SMILES string of the molecule is O=C(O)c1cn(CC2CCCCO2)c2ccccc2c1=O. The van der Waals surface area contributed by atoms with Gasteiger partial charge in [-0.15, -0.1) is 0 Å². The second-order valence-electron chi connectivity index (χ2n) is 5.34. The molecule has 2 heterocycles. The Morgan fingerprint density at radius 1 is 1.33 bits per heavy atom. The lowest BCUT2D eigenvalue weighted by molar-refractivity contribution is 0.00653. The van der Waals surface area contributed by atoms with Crippen molar-refractivity contribution in [1.82, 2.24) is 4.57 Å². The van der Waals surface area contributed by atoms with Crippen molar-refractivity contribution in [2.45, 2.75) is 31.9 Å². The van der Waals surface area contributed by atoms with E-state index in [2.05, 4.69) is 0 Å². The van der Waals surface area contributed by atoms with E-state index in [1.165, 1.54) is 6.20 Å². The number of nitrogens with zero attached hydrogens (tertiary/aromatic N) is 1. The summed E-state index contributed by atoms with van der Waals surface area (Å²) in [5, 5.41) is 9.65. The van der Waals surface area contributed by atoms with E-state index in [4.69, 9.17) is 4.74 Å². The predicted octanol–water partition coefficient (Wildman–Crippen LogP) is 2.27. The predicted molar refractivity (Wildman–Crippen MR) is 78.8 cm³/mol. The van der Waals surface area contributed by atoms with Gasteiger partial charge in [0, 0.05) is 24.7 Å². The first-order chi connectivity index (χ1) is 10.2. The quantitative estimate of drug-likeness (QED) is 0.940. The molecule has 1 atom stereocenters. The van der Waals surface area contributed by atoms with Crippen LogP contribution in [0.3, 0.4) is 0 Å². The van der Waals surface area contributed by atoms with Crippen molar-refractivity contribution >= 4 is 16.9 Å². The van der Waals surface area contributed by atoms with E-state index in [1.807, 2.05) is 16.7 Å². The van der Waals surface area contributed by atoms with Crippen LogP contribution in [0.4, 0.5) is 0 Å². The van der Waals surface area contributed by atoms with Gasteiger partial charge < -0.3 is 14.4 Å². The molecule has 0 spiro atoms. The molecule has 0 radical (unpaired) electrons. The van der Waals surface area contributed by atoms with Crippen molar-refractivity contribution in [3.63, 3.8) is 0 Å². The molecule has 1 aliphatic heterocycles. The van der Waals surface area contributed by atoms with Crippen molar-refractivity contribution < 1.29 is 14.6 Å². The van der Waals surface area contributed by atoms with Crippen molar-refractivity contribution in [2.75, 3.05) is 6.61 Å². The molecule has 0 aliphatic carbocycles. The molecule has 1 aromatic carbocycles. The standard InChI is InChI=1S/C16H17NO4/c18-15-12-6-1-2-7-14(12)17(10-13(15)16(19)20)9-11-5-3-4-8-21-11/h1-2,6-7,10-11H,3-5,8-9H2,(H,19,20). The molecule has 1 unspecified atom stereocenters. The third-order valence-corrected chi connectivity index (χ3v) is 3.89. The lowest BCUT2D eigenvalue weighted by atomic mass is 10.1. The van der Waals surface area contributed by atoms with Crippen LogP contribution in [-0.4, -0.2) is 28.4 Å². The minimum Gasteiger partial charge on any atom is -0.477 e. The highest BCUT2D eigenvalue weighted by Crippen LogP contribution is 2.18. The normalized spacial score (nSPS) is 18.8. The number of hydrogen-bond acceptors (Lipinski definition) is 3. The van der Waals surface area contributed by atoms with Gasteiger partial charge in [-0.1, -0.05) is 12.1 Å². The molecule has 5 nitrogen and oxygen atoms in total. The fourth-order valence-electron chi connectivity index (χ4n) is 2.82. The minimum atomic E-state index is -1.19. The summed E-state index contributed by atoms with van der Waals surface area (Å²) in [6.07, 6.45) is 4.66. The van der Waals surface area contributed by atoms with E-state index in [1.54, 1.807) is 12.1 Å². The fraction of sp³-hybridized carbons (Fsp3) is 0.375.